The van der Waals surface area contributed by atoms with Crippen molar-refractivity contribution in [2.45, 2.75) is 6.92 Å². The molecule has 1 nitrogen and oxygen atoms in total. The van der Waals surface area contributed by atoms with Crippen molar-refractivity contribution >= 4 is 48.4 Å². The second kappa shape index (κ2) is 5.01. The number of hydrogen-bond acceptors (Lipinski definition) is 4. The van der Waals surface area contributed by atoms with Crippen LogP contribution in [0.25, 0.3) is 0 Å². The van der Waals surface area contributed by atoms with E-state index in [-0.39, 0.29) is 0 Å². The fraction of sp³-hybridized carbons (Fsp3) is 1.00. The molecular weight excluding hydrogens is 200 g/mol. The third-order valence-corrected chi connectivity index (χ3v) is 7.91. The molecule has 0 rings (SSSR count). The zero-order chi connectivity index (χ0) is 6.57. The highest BCUT2D eigenvalue weighted by atomic mass is 33.4. The van der Waals surface area contributed by atoms with Crippen molar-refractivity contribution in [1.82, 2.24) is 0 Å². The van der Waals surface area contributed by atoms with Crippen LogP contribution in [0, 0.1) is 0 Å². The number of hydrogen-bond donors (Lipinski definition) is 1. The third kappa shape index (κ3) is 4.11. The highest BCUT2D eigenvalue weighted by Gasteiger charge is 1.70. The molecule has 50 valence electrons. The van der Waals surface area contributed by atoms with Gasteiger partial charge in [-0.2, -0.15) is 0 Å². The quantitative estimate of drug-likeness (QED) is 0.646. The van der Waals surface area contributed by atoms with Crippen LogP contribution in [-0.4, -0.2) is 6.61 Å². The van der Waals surface area contributed by atoms with Gasteiger partial charge in [0.25, 0.3) is 0 Å². The van der Waals surface area contributed by atoms with E-state index in [4.69, 9.17) is 37.7 Å². The summed E-state index contributed by atoms with van der Waals surface area (Å²) in [6.07, 6.45) is 0. The van der Waals surface area contributed by atoms with Gasteiger partial charge in [-0.3, -0.25) is 0 Å². The maximum atomic E-state index is 4.99. The predicted octanol–water partition coefficient (Wildman–Crippen LogP) is 0.207. The van der Waals surface area contributed by atoms with Gasteiger partial charge in [-0.25, -0.2) is 0 Å². The molecule has 0 saturated carbocycles. The lowest BCUT2D eigenvalue weighted by molar-refractivity contribution is 0.405. The average molecular weight is 206 g/mol. The first-order chi connectivity index (χ1) is 3.68. The molecular formula is C2H6OS5. The average Bonchev–Trinajstić information content (AvgIpc) is 1.67. The minimum Gasteiger partial charge on any atom is -0.313 e. The Hall–Kier alpha value is 1.19. The molecule has 0 fully saturated rings. The molecule has 0 saturated heterocycles. The van der Waals surface area contributed by atoms with Crippen LogP contribution in [0.3, 0.4) is 0 Å². The lowest BCUT2D eigenvalue weighted by Crippen LogP contribution is -1.83. The van der Waals surface area contributed by atoms with E-state index in [1.165, 1.54) is 0 Å². The molecule has 0 radical (unpaired) electrons. The minimum absolute atomic E-state index is 0.536. The Kier molecular flexibility index (Phi) is 5.76. The predicted molar refractivity (Wildman–Crippen MR) is 49.8 cm³/mol. The Morgan fingerprint density at radius 3 is 2.25 bits per heavy atom. The van der Waals surface area contributed by atoms with Gasteiger partial charge in [0.2, 0.25) is 0 Å². The van der Waals surface area contributed by atoms with Gasteiger partial charge in [0.1, 0.15) is 0 Å². The van der Waals surface area contributed by atoms with Crippen molar-refractivity contribution in [2.24, 2.45) is 0 Å². The zero-order valence-electron chi connectivity index (χ0n) is 4.20. The van der Waals surface area contributed by atoms with Crippen LogP contribution in [0.5, 0.6) is 0 Å². The molecule has 0 bridgehead atoms. The third-order valence-electron chi connectivity index (χ3n) is 0.356. The van der Waals surface area contributed by atoms with E-state index in [9.17, 15) is 0 Å². The van der Waals surface area contributed by atoms with Gasteiger partial charge in [-0.05, 0) is 47.1 Å². The summed E-state index contributed by atoms with van der Waals surface area (Å²) in [7, 11) is -0.899. The van der Waals surface area contributed by atoms with Gasteiger partial charge in [0, 0.05) is 8.29 Å². The summed E-state index contributed by atoms with van der Waals surface area (Å²) < 4.78 is 4.99. The lowest BCUT2D eigenvalue weighted by atomic mass is 10.9. The summed E-state index contributed by atoms with van der Waals surface area (Å²) in [5.74, 6) is 0. The Labute approximate surface area is 65.9 Å². The van der Waals surface area contributed by atoms with Crippen molar-refractivity contribution in [3.8, 4) is 0 Å². The Bertz CT molecular complexity index is 209. The fourth-order valence-electron chi connectivity index (χ4n) is 0.148. The van der Waals surface area contributed by atoms with Crippen molar-refractivity contribution in [3.05, 3.63) is 0 Å². The van der Waals surface area contributed by atoms with Crippen molar-refractivity contribution in [3.63, 3.8) is 0 Å². The maximum Gasteiger partial charge on any atom is 0.0588 e. The first-order valence-corrected chi connectivity index (χ1v) is 7.83. The lowest BCUT2D eigenvalue weighted by Gasteiger charge is -1.86. The molecule has 0 N–H and O–H groups in total. The van der Waals surface area contributed by atoms with E-state index in [1.807, 2.05) is 6.92 Å². The summed E-state index contributed by atoms with van der Waals surface area (Å²) in [5.41, 5.74) is 0. The topological polar surface area (TPSA) is 9.23 Å². The van der Waals surface area contributed by atoms with E-state index < -0.39 is 14.9 Å². The van der Waals surface area contributed by atoms with Crippen LogP contribution < -0.4 is 0 Å². The van der Waals surface area contributed by atoms with Gasteiger partial charge < -0.3 is 4.18 Å². The maximum absolute atomic E-state index is 4.99. The first-order valence-electron chi connectivity index (χ1n) is 1.88. The van der Waals surface area contributed by atoms with Crippen LogP contribution in [0.2, 0.25) is 0 Å². The molecule has 0 aromatic carbocycles. The highest BCUT2D eigenvalue weighted by molar-refractivity contribution is 8.71. The van der Waals surface area contributed by atoms with E-state index >= 15 is 0 Å². The minimum atomic E-state index is -0.899. The highest BCUT2D eigenvalue weighted by Crippen LogP contribution is 1.72. The molecule has 8 heavy (non-hydrogen) atoms. The van der Waals surface area contributed by atoms with E-state index in [0.717, 1.165) is 0 Å². The van der Waals surface area contributed by atoms with Gasteiger partial charge in [0.15, 0.2) is 0 Å². The first kappa shape index (κ1) is 9.19. The van der Waals surface area contributed by atoms with E-state index in [2.05, 4.69) is 0 Å². The Morgan fingerprint density at radius 1 is 1.62 bits per heavy atom. The fourth-order valence-corrected chi connectivity index (χ4v) is 2.11. The van der Waals surface area contributed by atoms with Crippen LogP contribution in [0.4, 0.5) is 0 Å². The van der Waals surface area contributed by atoms with Crippen LogP contribution in [0.1, 0.15) is 6.92 Å². The van der Waals surface area contributed by atoms with Crippen LogP contribution in [-0.2, 0) is 52.6 Å². The molecule has 6 heteroatoms. The van der Waals surface area contributed by atoms with Crippen molar-refractivity contribution < 1.29 is 4.18 Å². The molecule has 0 aromatic heterocycles. The summed E-state index contributed by atoms with van der Waals surface area (Å²) in [6.45, 7) is 1.98. The molecule has 0 aliphatic carbocycles. The Morgan fingerprint density at radius 2 is 2.12 bits per heavy atom. The van der Waals surface area contributed by atoms with Crippen molar-refractivity contribution in [2.75, 3.05) is 6.61 Å². The normalized spacial score (nSPS) is 13.1. The summed E-state index contributed by atoms with van der Waals surface area (Å²) >= 11 is 14.2. The second-order valence-electron chi connectivity index (χ2n) is 0.858. The molecule has 0 aliphatic rings. The summed E-state index contributed by atoms with van der Waals surface area (Å²) in [4.78, 5) is 0. The standard InChI is InChI=1S/C2H6OS5/c1-2-3-7(4)8(5)6/h7H,2H2,1H3. The monoisotopic (exact) mass is 206 g/mol. The SMILES string of the molecule is CCO[SH](=S)=S(=S)=S. The van der Waals surface area contributed by atoms with Crippen molar-refractivity contribution in [1.29, 1.82) is 0 Å². The second-order valence-corrected chi connectivity index (χ2v) is 9.89. The molecule has 1 atom stereocenters. The smallest absolute Gasteiger partial charge is 0.0588 e. The van der Waals surface area contributed by atoms with Crippen LogP contribution >= 0.6 is 0 Å². The van der Waals surface area contributed by atoms with Gasteiger partial charge in [-0.15, -0.1) is 0 Å². The van der Waals surface area contributed by atoms with Gasteiger partial charge in [0.05, 0.1) is 6.61 Å². The molecule has 0 amide bonds. The van der Waals surface area contributed by atoms with Gasteiger partial charge in [-0.1, -0.05) is 0 Å². The number of rotatable bonds is 2. The van der Waals surface area contributed by atoms with E-state index in [0.29, 0.717) is 6.61 Å². The largest absolute Gasteiger partial charge is 0.313 e. The molecule has 0 aliphatic heterocycles. The molecule has 1 unspecified atom stereocenters. The van der Waals surface area contributed by atoms with E-state index in [1.54, 1.807) is 0 Å². The van der Waals surface area contributed by atoms with Crippen LogP contribution in [0.15, 0.2) is 0 Å². The zero-order valence-corrected chi connectivity index (χ0v) is 8.36. The molecule has 0 heterocycles. The Balaban J connectivity index is 4.28. The number of thiol groups is 1. The molecule has 0 spiro atoms. The van der Waals surface area contributed by atoms with Gasteiger partial charge >= 0.3 is 0 Å². The molecule has 0 aromatic rings. The summed E-state index contributed by atoms with van der Waals surface area (Å²) in [6, 6.07) is 0. The summed E-state index contributed by atoms with van der Waals surface area (Å²) in [5, 5.41) is 0.